The van der Waals surface area contributed by atoms with E-state index in [0.717, 1.165) is 18.4 Å². The van der Waals surface area contributed by atoms with Gasteiger partial charge in [-0.25, -0.2) is 4.39 Å². The molecule has 2 heterocycles. The molecule has 1 amide bonds. The lowest BCUT2D eigenvalue weighted by molar-refractivity contribution is -0.126. The van der Waals surface area contributed by atoms with Crippen LogP contribution in [0.2, 0.25) is 0 Å². The zero-order valence-electron chi connectivity index (χ0n) is 9.87. The van der Waals surface area contributed by atoms with Crippen molar-refractivity contribution in [3.63, 3.8) is 0 Å². The minimum atomic E-state index is -0.339. The number of nitrogens with zero attached hydrogens (tertiary/aromatic N) is 1. The second kappa shape index (κ2) is 4.08. The van der Waals surface area contributed by atoms with Gasteiger partial charge in [0.2, 0.25) is 5.91 Å². The van der Waals surface area contributed by atoms with E-state index in [0.29, 0.717) is 18.7 Å². The van der Waals surface area contributed by atoms with Crippen LogP contribution in [-0.2, 0) is 11.3 Å². The van der Waals surface area contributed by atoms with Gasteiger partial charge in [0, 0.05) is 18.7 Å². The maximum Gasteiger partial charge on any atom is 0.242 e. The van der Waals surface area contributed by atoms with E-state index in [4.69, 9.17) is 5.41 Å². The smallest absolute Gasteiger partial charge is 0.242 e. The van der Waals surface area contributed by atoms with Crippen LogP contribution in [0.25, 0.3) is 0 Å². The van der Waals surface area contributed by atoms with Crippen molar-refractivity contribution < 1.29 is 9.18 Å². The van der Waals surface area contributed by atoms with Crippen LogP contribution in [0.5, 0.6) is 0 Å². The Labute approximate surface area is 104 Å². The van der Waals surface area contributed by atoms with E-state index < -0.39 is 0 Å². The number of piperidine rings is 1. The number of carbonyl (C=O) groups excluding carboxylic acids is 1. The number of amides is 1. The van der Waals surface area contributed by atoms with Crippen LogP contribution >= 0.6 is 0 Å². The predicted octanol–water partition coefficient (Wildman–Crippen LogP) is 1.25. The molecule has 0 bridgehead atoms. The molecule has 2 aliphatic heterocycles. The van der Waals surface area contributed by atoms with E-state index in [1.165, 1.54) is 12.1 Å². The molecule has 1 atom stereocenters. The Morgan fingerprint density at radius 2 is 2.28 bits per heavy atom. The van der Waals surface area contributed by atoms with Gasteiger partial charge < -0.3 is 10.2 Å². The molecule has 0 radical (unpaired) electrons. The molecule has 1 saturated heterocycles. The van der Waals surface area contributed by atoms with Crippen LogP contribution in [0, 0.1) is 11.2 Å². The number of rotatable bonds is 1. The van der Waals surface area contributed by atoms with Crippen molar-refractivity contribution >= 4 is 11.7 Å². The van der Waals surface area contributed by atoms with Crippen LogP contribution in [0.1, 0.15) is 24.0 Å². The molecule has 0 saturated carbocycles. The van der Waals surface area contributed by atoms with E-state index in [1.54, 1.807) is 11.0 Å². The summed E-state index contributed by atoms with van der Waals surface area (Å²) in [6.07, 6.45) is 1.68. The maximum absolute atomic E-state index is 13.2. The molecule has 0 aromatic heterocycles. The average Bonchev–Trinajstić information content (AvgIpc) is 2.68. The third-order valence-electron chi connectivity index (χ3n) is 3.59. The van der Waals surface area contributed by atoms with Crippen molar-refractivity contribution in [2.75, 3.05) is 6.54 Å². The van der Waals surface area contributed by atoms with Gasteiger partial charge in [-0.1, -0.05) is 6.07 Å². The SMILES string of the molecule is N=C1c2cc(F)ccc2CN1C1CCCNC1=O. The van der Waals surface area contributed by atoms with Crippen molar-refractivity contribution in [2.24, 2.45) is 0 Å². The molecule has 2 N–H and O–H groups in total. The molecule has 1 aromatic rings. The topological polar surface area (TPSA) is 56.2 Å². The molecule has 1 fully saturated rings. The molecule has 5 heteroatoms. The summed E-state index contributed by atoms with van der Waals surface area (Å²) in [7, 11) is 0. The van der Waals surface area contributed by atoms with Crippen molar-refractivity contribution in [3.05, 3.63) is 35.1 Å². The van der Waals surface area contributed by atoms with Crippen LogP contribution in [0.3, 0.4) is 0 Å². The van der Waals surface area contributed by atoms with E-state index in [2.05, 4.69) is 5.32 Å². The first-order chi connectivity index (χ1) is 8.66. The Morgan fingerprint density at radius 3 is 3.06 bits per heavy atom. The summed E-state index contributed by atoms with van der Waals surface area (Å²) in [5.74, 6) is -0.112. The number of hydrogen-bond donors (Lipinski definition) is 2. The molecule has 2 aliphatic rings. The molecule has 94 valence electrons. The standard InChI is InChI=1S/C13H14FN3O/c14-9-4-3-8-7-17(12(15)10(8)6-9)11-2-1-5-16-13(11)18/h3-4,6,11,15H,1-2,5,7H2,(H,16,18). The molecule has 0 aliphatic carbocycles. The molecule has 18 heavy (non-hydrogen) atoms. The van der Waals surface area contributed by atoms with E-state index in [-0.39, 0.29) is 23.6 Å². The summed E-state index contributed by atoms with van der Waals surface area (Å²) >= 11 is 0. The van der Waals surface area contributed by atoms with Gasteiger partial charge in [-0.2, -0.15) is 0 Å². The number of halogens is 1. The minimum Gasteiger partial charge on any atom is -0.354 e. The summed E-state index contributed by atoms with van der Waals surface area (Å²) in [4.78, 5) is 13.6. The molecular weight excluding hydrogens is 233 g/mol. The van der Waals surface area contributed by atoms with E-state index in [9.17, 15) is 9.18 Å². The Bertz CT molecular complexity index is 529. The highest BCUT2D eigenvalue weighted by atomic mass is 19.1. The van der Waals surface area contributed by atoms with Gasteiger partial charge in [0.15, 0.2) is 0 Å². The van der Waals surface area contributed by atoms with Crippen molar-refractivity contribution in [3.8, 4) is 0 Å². The normalized spacial score (nSPS) is 22.9. The monoisotopic (exact) mass is 247 g/mol. The summed E-state index contributed by atoms with van der Waals surface area (Å²) < 4.78 is 13.2. The van der Waals surface area contributed by atoms with Crippen molar-refractivity contribution in [1.29, 1.82) is 5.41 Å². The summed E-state index contributed by atoms with van der Waals surface area (Å²) in [5, 5.41) is 10.9. The third kappa shape index (κ3) is 1.66. The molecule has 3 rings (SSSR count). The van der Waals surface area contributed by atoms with Gasteiger partial charge in [0.25, 0.3) is 0 Å². The first-order valence-electron chi connectivity index (χ1n) is 6.08. The Balaban J connectivity index is 1.90. The molecular formula is C13H14FN3O. The summed E-state index contributed by atoms with van der Waals surface area (Å²) in [6, 6.07) is 4.18. The molecule has 1 aromatic carbocycles. The number of hydrogen-bond acceptors (Lipinski definition) is 2. The summed E-state index contributed by atoms with van der Waals surface area (Å²) in [6.45, 7) is 1.23. The van der Waals surface area contributed by atoms with Crippen LogP contribution in [-0.4, -0.2) is 29.2 Å². The largest absolute Gasteiger partial charge is 0.354 e. The first kappa shape index (κ1) is 11.2. The van der Waals surface area contributed by atoms with Gasteiger partial charge >= 0.3 is 0 Å². The highest BCUT2D eigenvalue weighted by molar-refractivity contribution is 6.02. The van der Waals surface area contributed by atoms with Crippen LogP contribution in [0.15, 0.2) is 18.2 Å². The van der Waals surface area contributed by atoms with E-state index in [1.807, 2.05) is 0 Å². The lowest BCUT2D eigenvalue weighted by Gasteiger charge is -2.31. The number of nitrogens with one attached hydrogen (secondary N) is 2. The van der Waals surface area contributed by atoms with Crippen molar-refractivity contribution in [2.45, 2.75) is 25.4 Å². The van der Waals surface area contributed by atoms with Crippen LogP contribution in [0.4, 0.5) is 4.39 Å². The lowest BCUT2D eigenvalue weighted by Crippen LogP contribution is -2.50. The van der Waals surface area contributed by atoms with Crippen LogP contribution < -0.4 is 5.32 Å². The fourth-order valence-electron chi connectivity index (χ4n) is 2.64. The molecule has 4 nitrogen and oxygen atoms in total. The highest BCUT2D eigenvalue weighted by Crippen LogP contribution is 2.27. The Morgan fingerprint density at radius 1 is 1.44 bits per heavy atom. The average molecular weight is 247 g/mol. The fourth-order valence-corrected chi connectivity index (χ4v) is 2.64. The Kier molecular flexibility index (Phi) is 2.54. The second-order valence-corrected chi connectivity index (χ2v) is 4.73. The molecule has 0 spiro atoms. The number of fused-ring (bicyclic) bond motifs is 1. The third-order valence-corrected chi connectivity index (χ3v) is 3.59. The zero-order valence-corrected chi connectivity index (χ0v) is 9.87. The van der Waals surface area contributed by atoms with Crippen molar-refractivity contribution in [1.82, 2.24) is 10.2 Å². The zero-order chi connectivity index (χ0) is 12.7. The van der Waals surface area contributed by atoms with E-state index >= 15 is 0 Å². The van der Waals surface area contributed by atoms with Gasteiger partial charge in [0.05, 0.1) is 0 Å². The van der Waals surface area contributed by atoms with Gasteiger partial charge in [-0.3, -0.25) is 10.2 Å². The predicted molar refractivity (Wildman–Crippen MR) is 64.8 cm³/mol. The Hall–Kier alpha value is -1.91. The summed E-state index contributed by atoms with van der Waals surface area (Å²) in [5.41, 5.74) is 1.52. The first-order valence-corrected chi connectivity index (χ1v) is 6.08. The lowest BCUT2D eigenvalue weighted by atomic mass is 10.1. The highest BCUT2D eigenvalue weighted by Gasteiger charge is 2.35. The second-order valence-electron chi connectivity index (χ2n) is 4.73. The number of carbonyl (C=O) groups is 1. The van der Waals surface area contributed by atoms with Gasteiger partial charge in [-0.05, 0) is 30.5 Å². The maximum atomic E-state index is 13.2. The fraction of sp³-hybridized carbons (Fsp3) is 0.385. The van der Waals surface area contributed by atoms with Gasteiger partial charge in [0.1, 0.15) is 17.7 Å². The number of amidine groups is 1. The number of benzene rings is 1. The quantitative estimate of drug-likeness (QED) is 0.784. The minimum absolute atomic E-state index is 0.0284. The van der Waals surface area contributed by atoms with Gasteiger partial charge in [-0.15, -0.1) is 0 Å². The molecule has 1 unspecified atom stereocenters.